The lowest BCUT2D eigenvalue weighted by Gasteiger charge is -2.20. The Morgan fingerprint density at radius 3 is 2.42 bits per heavy atom. The van der Waals surface area contributed by atoms with Crippen LogP contribution in [0.2, 0.25) is 0 Å². The maximum atomic E-state index is 13.6. The van der Waals surface area contributed by atoms with Crippen LogP contribution in [-0.4, -0.2) is 39.3 Å². The fourth-order valence-electron chi connectivity index (χ4n) is 4.83. The second-order valence-corrected chi connectivity index (χ2v) is 8.57. The molecule has 2 fully saturated rings. The first-order valence-corrected chi connectivity index (χ1v) is 10.8. The van der Waals surface area contributed by atoms with E-state index in [4.69, 9.17) is 0 Å². The minimum atomic E-state index is -0.892. The number of para-hydroxylation sites is 1. The van der Waals surface area contributed by atoms with E-state index in [0.29, 0.717) is 12.1 Å². The Balaban J connectivity index is 1.59. The van der Waals surface area contributed by atoms with Crippen molar-refractivity contribution in [2.45, 2.75) is 38.8 Å². The van der Waals surface area contributed by atoms with E-state index in [1.807, 2.05) is 61.5 Å². The number of hydrogen-bond donors (Lipinski definition) is 1. The van der Waals surface area contributed by atoms with Gasteiger partial charge in [-0.2, -0.15) is 0 Å². The molecule has 2 aromatic carbocycles. The van der Waals surface area contributed by atoms with Crippen molar-refractivity contribution in [2.75, 3.05) is 6.54 Å². The lowest BCUT2D eigenvalue weighted by Crippen LogP contribution is -2.46. The molecule has 1 saturated carbocycles. The molecule has 3 amide bonds. The number of carbonyl (C=O) groups excluding carboxylic acids is 3. The highest BCUT2D eigenvalue weighted by atomic mass is 16.2. The van der Waals surface area contributed by atoms with E-state index in [2.05, 4.69) is 9.88 Å². The molecule has 158 valence electrons. The van der Waals surface area contributed by atoms with Crippen molar-refractivity contribution in [1.82, 2.24) is 14.8 Å². The summed E-state index contributed by atoms with van der Waals surface area (Å²) in [5.74, 6) is -0.370. The molecule has 1 atom stereocenters. The number of amides is 3. The topological polar surface area (TPSA) is 71.4 Å². The lowest BCUT2D eigenvalue weighted by atomic mass is 9.96. The molecule has 1 saturated heterocycles. The molecule has 0 radical (unpaired) electrons. The summed E-state index contributed by atoms with van der Waals surface area (Å²) in [5.41, 5.74) is 2.39. The van der Waals surface area contributed by atoms with E-state index >= 15 is 0 Å². The number of imide groups is 1. The number of nitrogens with zero attached hydrogens (tertiary/aromatic N) is 2. The molecule has 1 aromatic heterocycles. The molecule has 2 heterocycles. The van der Waals surface area contributed by atoms with E-state index in [1.165, 1.54) is 0 Å². The Morgan fingerprint density at radius 1 is 1.06 bits per heavy atom. The monoisotopic (exact) mass is 415 g/mol. The van der Waals surface area contributed by atoms with E-state index in [1.54, 1.807) is 6.92 Å². The van der Waals surface area contributed by atoms with Gasteiger partial charge >= 0.3 is 6.03 Å². The van der Waals surface area contributed by atoms with Crippen LogP contribution in [-0.2, 0) is 11.3 Å². The molecule has 3 aromatic rings. The first kappa shape index (κ1) is 19.5. The third-order valence-electron chi connectivity index (χ3n) is 6.61. The van der Waals surface area contributed by atoms with Crippen LogP contribution in [0.1, 0.15) is 37.0 Å². The van der Waals surface area contributed by atoms with Gasteiger partial charge in [0.15, 0.2) is 5.78 Å². The Kier molecular flexibility index (Phi) is 4.46. The van der Waals surface area contributed by atoms with Crippen LogP contribution in [0.15, 0.2) is 54.6 Å². The fraction of sp³-hybridized carbons (Fsp3) is 0.320. The summed E-state index contributed by atoms with van der Waals surface area (Å²) in [4.78, 5) is 40.4. The maximum absolute atomic E-state index is 13.6. The summed E-state index contributed by atoms with van der Waals surface area (Å²) in [5, 5.41) is 3.67. The third-order valence-corrected chi connectivity index (χ3v) is 6.61. The number of ketones is 1. The number of aromatic nitrogens is 1. The average Bonchev–Trinajstić information content (AvgIpc) is 3.55. The van der Waals surface area contributed by atoms with Crippen LogP contribution in [0, 0.1) is 5.92 Å². The van der Waals surface area contributed by atoms with Crippen molar-refractivity contribution in [3.05, 3.63) is 60.2 Å². The molecule has 1 unspecified atom stereocenters. The van der Waals surface area contributed by atoms with Crippen LogP contribution < -0.4 is 5.32 Å². The number of fused-ring (bicyclic) bond motifs is 1. The molecule has 5 rings (SSSR count). The largest absolute Gasteiger partial charge is 0.340 e. The number of nitrogens with one attached hydrogen (secondary N) is 1. The Labute approximate surface area is 180 Å². The third kappa shape index (κ3) is 2.97. The summed E-state index contributed by atoms with van der Waals surface area (Å²) < 4.78 is 2.12. The molecular weight excluding hydrogens is 390 g/mol. The smallest absolute Gasteiger partial charge is 0.325 e. The van der Waals surface area contributed by atoms with Crippen LogP contribution in [0.25, 0.3) is 22.2 Å². The SMILES string of the molecule is CCn1c(-c2ccccc2)c(C(=O)CN2C(=O)NC(C)(C3CC3)C2=O)c2ccccc21. The number of aryl methyl sites for hydroxylation is 1. The van der Waals surface area contributed by atoms with Crippen molar-refractivity contribution >= 4 is 28.6 Å². The zero-order valence-electron chi connectivity index (χ0n) is 17.7. The highest BCUT2D eigenvalue weighted by Crippen LogP contribution is 2.43. The minimum absolute atomic E-state index is 0.158. The molecule has 1 N–H and O–H groups in total. The van der Waals surface area contributed by atoms with Gasteiger partial charge in [-0.15, -0.1) is 0 Å². The number of carbonyl (C=O) groups is 3. The highest BCUT2D eigenvalue weighted by molar-refractivity contribution is 6.17. The lowest BCUT2D eigenvalue weighted by molar-refractivity contribution is -0.131. The predicted octanol–water partition coefficient (Wildman–Crippen LogP) is 4.23. The first-order chi connectivity index (χ1) is 15.0. The van der Waals surface area contributed by atoms with E-state index in [-0.39, 0.29) is 24.2 Å². The molecule has 1 aliphatic carbocycles. The predicted molar refractivity (Wildman–Crippen MR) is 119 cm³/mol. The van der Waals surface area contributed by atoms with E-state index in [0.717, 1.165) is 39.9 Å². The molecule has 0 bridgehead atoms. The number of urea groups is 1. The van der Waals surface area contributed by atoms with Crippen molar-refractivity contribution in [2.24, 2.45) is 5.92 Å². The van der Waals surface area contributed by atoms with Crippen molar-refractivity contribution < 1.29 is 14.4 Å². The summed E-state index contributed by atoms with van der Waals surface area (Å²) in [6.45, 7) is 4.25. The van der Waals surface area contributed by atoms with Gasteiger partial charge in [0.1, 0.15) is 5.54 Å². The van der Waals surface area contributed by atoms with Crippen LogP contribution in [0.5, 0.6) is 0 Å². The second kappa shape index (κ2) is 7.08. The Bertz CT molecular complexity index is 1210. The standard InChI is InChI=1S/C25H25N3O3/c1-3-27-19-12-8-7-11-18(19)21(22(27)16-9-5-4-6-10-16)20(29)15-28-23(30)25(2,17-13-14-17)26-24(28)31/h4-12,17H,3,13-15H2,1-2H3,(H,26,31). The molecular formula is C25H25N3O3. The van der Waals surface area contributed by atoms with Gasteiger partial charge < -0.3 is 9.88 Å². The number of rotatable bonds is 6. The first-order valence-electron chi connectivity index (χ1n) is 10.8. The summed E-state index contributed by atoms with van der Waals surface area (Å²) >= 11 is 0. The molecule has 0 spiro atoms. The minimum Gasteiger partial charge on any atom is -0.340 e. The molecule has 1 aliphatic heterocycles. The summed E-state index contributed by atoms with van der Waals surface area (Å²) in [7, 11) is 0. The van der Waals surface area contributed by atoms with Crippen molar-refractivity contribution in [3.8, 4) is 11.3 Å². The van der Waals surface area contributed by atoms with E-state index < -0.39 is 11.6 Å². The Morgan fingerprint density at radius 2 is 1.74 bits per heavy atom. The van der Waals surface area contributed by atoms with Crippen molar-refractivity contribution in [3.63, 3.8) is 0 Å². The summed E-state index contributed by atoms with van der Waals surface area (Å²) in [6, 6.07) is 17.1. The Hall–Kier alpha value is -3.41. The zero-order chi connectivity index (χ0) is 21.8. The van der Waals surface area contributed by atoms with Gasteiger partial charge in [-0.3, -0.25) is 14.5 Å². The zero-order valence-corrected chi connectivity index (χ0v) is 17.7. The van der Waals surface area contributed by atoms with Gasteiger partial charge in [0, 0.05) is 17.4 Å². The van der Waals surface area contributed by atoms with Gasteiger partial charge in [-0.25, -0.2) is 4.79 Å². The van der Waals surface area contributed by atoms with Crippen molar-refractivity contribution in [1.29, 1.82) is 0 Å². The molecule has 2 aliphatic rings. The molecule has 31 heavy (non-hydrogen) atoms. The van der Waals surface area contributed by atoms with Gasteiger partial charge in [0.25, 0.3) is 5.91 Å². The molecule has 6 nitrogen and oxygen atoms in total. The number of benzene rings is 2. The second-order valence-electron chi connectivity index (χ2n) is 8.57. The van der Waals surface area contributed by atoms with E-state index in [9.17, 15) is 14.4 Å². The quantitative estimate of drug-likeness (QED) is 0.484. The van der Waals surface area contributed by atoms with Crippen LogP contribution in [0.4, 0.5) is 4.79 Å². The van der Waals surface area contributed by atoms with Crippen LogP contribution in [0.3, 0.4) is 0 Å². The number of Topliss-reactive ketones (excluding diaryl/α,β-unsaturated/α-hetero) is 1. The molecule has 6 heteroatoms. The van der Waals surface area contributed by atoms with Gasteiger partial charge in [-0.1, -0.05) is 48.5 Å². The number of hydrogen-bond acceptors (Lipinski definition) is 3. The fourth-order valence-corrected chi connectivity index (χ4v) is 4.83. The van der Waals surface area contributed by atoms with Gasteiger partial charge in [0.2, 0.25) is 0 Å². The normalized spacial score (nSPS) is 21.0. The maximum Gasteiger partial charge on any atom is 0.325 e. The average molecular weight is 415 g/mol. The van der Waals surface area contributed by atoms with Gasteiger partial charge in [-0.05, 0) is 44.2 Å². The highest BCUT2D eigenvalue weighted by Gasteiger charge is 2.56. The summed E-state index contributed by atoms with van der Waals surface area (Å²) in [6.07, 6.45) is 1.85. The van der Waals surface area contributed by atoms with Gasteiger partial charge in [0.05, 0.1) is 17.8 Å². The van der Waals surface area contributed by atoms with Crippen LogP contribution >= 0.6 is 0 Å².